The molecule has 0 unspecified atom stereocenters. The molecule has 5 heteroatoms. The van der Waals surface area contributed by atoms with Gasteiger partial charge >= 0.3 is 6.18 Å². The van der Waals surface area contributed by atoms with E-state index in [0.717, 1.165) is 6.26 Å². The van der Waals surface area contributed by atoms with Crippen LogP contribution in [0.5, 0.6) is 0 Å². The second-order valence-corrected chi connectivity index (χ2v) is 1.94. The van der Waals surface area contributed by atoms with Gasteiger partial charge in [0, 0.05) is 0 Å². The van der Waals surface area contributed by atoms with Gasteiger partial charge < -0.3 is 4.74 Å². The first kappa shape index (κ1) is 7.97. The molecule has 0 aromatic carbocycles. The Morgan fingerprint density at radius 3 is 2.45 bits per heavy atom. The molecule has 0 aromatic heterocycles. The highest BCUT2D eigenvalue weighted by atomic mass is 19.4. The maximum absolute atomic E-state index is 11.9. The Bertz CT molecular complexity index is 216. The van der Waals surface area contributed by atoms with E-state index in [-0.39, 0.29) is 5.70 Å². The van der Waals surface area contributed by atoms with Crippen LogP contribution in [0.2, 0.25) is 0 Å². The van der Waals surface area contributed by atoms with E-state index in [0.29, 0.717) is 0 Å². The fraction of sp³-hybridized carbons (Fsp3) is 0.333. The zero-order chi connectivity index (χ0) is 8.48. The second kappa shape index (κ2) is 2.48. The van der Waals surface area contributed by atoms with Crippen LogP contribution in [0.15, 0.2) is 23.9 Å². The molecule has 0 fully saturated rings. The highest BCUT2D eigenvalue weighted by molar-refractivity contribution is 5.14. The summed E-state index contributed by atoms with van der Waals surface area (Å²) in [5.74, 6) is -1.04. The van der Waals surface area contributed by atoms with Crippen molar-refractivity contribution in [2.45, 2.75) is 13.1 Å². The molecule has 1 radical (unpaired) electrons. The van der Waals surface area contributed by atoms with Crippen molar-refractivity contribution in [3.8, 4) is 0 Å². The van der Waals surface area contributed by atoms with E-state index in [1.165, 1.54) is 13.1 Å². The van der Waals surface area contributed by atoms with Crippen molar-refractivity contribution >= 4 is 0 Å². The normalized spacial score (nSPS) is 17.8. The molecule has 1 aliphatic heterocycles. The number of allylic oxidation sites excluding steroid dienone is 2. The third-order valence-corrected chi connectivity index (χ3v) is 1.10. The van der Waals surface area contributed by atoms with Crippen LogP contribution in [0.3, 0.4) is 0 Å². The van der Waals surface area contributed by atoms with Crippen molar-refractivity contribution in [3.63, 3.8) is 0 Å². The van der Waals surface area contributed by atoms with Crippen LogP contribution in [-0.2, 0) is 4.74 Å². The van der Waals surface area contributed by atoms with Crippen molar-refractivity contribution in [2.75, 3.05) is 0 Å². The predicted octanol–water partition coefficient (Wildman–Crippen LogP) is 1.89. The van der Waals surface area contributed by atoms with Gasteiger partial charge in [-0.25, -0.2) is 0 Å². The quantitative estimate of drug-likeness (QED) is 0.536. The lowest BCUT2D eigenvalue weighted by Crippen LogP contribution is -2.19. The number of alkyl halides is 3. The van der Waals surface area contributed by atoms with E-state index in [9.17, 15) is 13.2 Å². The summed E-state index contributed by atoms with van der Waals surface area (Å²) in [6.45, 7) is 1.24. The molecule has 0 saturated heterocycles. The number of nitrogens with zero attached hydrogens (tertiary/aromatic N) is 1. The Kier molecular flexibility index (Phi) is 1.80. The molecule has 0 aliphatic carbocycles. The van der Waals surface area contributed by atoms with Crippen molar-refractivity contribution in [1.29, 1.82) is 0 Å². The van der Waals surface area contributed by atoms with Gasteiger partial charge in [0.2, 0.25) is 5.76 Å². The number of hydrogen-bond donors (Lipinski definition) is 0. The zero-order valence-electron chi connectivity index (χ0n) is 5.64. The summed E-state index contributed by atoms with van der Waals surface area (Å²) in [7, 11) is 0. The molecule has 61 valence electrons. The Balaban J connectivity index is 2.85. The van der Waals surface area contributed by atoms with Crippen LogP contribution in [0.25, 0.3) is 0 Å². The summed E-state index contributed by atoms with van der Waals surface area (Å²) in [6.07, 6.45) is -2.38. The molecular formula is C6H5F3NO. The lowest BCUT2D eigenvalue weighted by atomic mass is 10.3. The lowest BCUT2D eigenvalue weighted by molar-refractivity contribution is -0.124. The summed E-state index contributed by atoms with van der Waals surface area (Å²) in [4.78, 5) is 0. The summed E-state index contributed by atoms with van der Waals surface area (Å²) in [5.41, 5.74) is -0.153. The van der Waals surface area contributed by atoms with E-state index < -0.39 is 11.9 Å². The third kappa shape index (κ3) is 1.66. The van der Waals surface area contributed by atoms with E-state index in [1.807, 2.05) is 0 Å². The monoisotopic (exact) mass is 164 g/mol. The Morgan fingerprint density at radius 1 is 1.45 bits per heavy atom. The van der Waals surface area contributed by atoms with Gasteiger partial charge in [0.25, 0.3) is 0 Å². The highest BCUT2D eigenvalue weighted by Gasteiger charge is 2.38. The second-order valence-electron chi connectivity index (χ2n) is 1.94. The number of rotatable bonds is 0. The molecule has 0 spiro atoms. The maximum atomic E-state index is 11.9. The molecule has 1 heterocycles. The topological polar surface area (TPSA) is 23.3 Å². The van der Waals surface area contributed by atoms with Gasteiger partial charge in [-0.05, 0) is 6.92 Å². The number of hydrogen-bond acceptors (Lipinski definition) is 1. The van der Waals surface area contributed by atoms with Crippen LogP contribution < -0.4 is 5.32 Å². The molecular weight excluding hydrogens is 159 g/mol. The Morgan fingerprint density at radius 2 is 2.09 bits per heavy atom. The lowest BCUT2D eigenvalue weighted by Gasteiger charge is -2.15. The molecule has 0 saturated carbocycles. The predicted molar refractivity (Wildman–Crippen MR) is 31.1 cm³/mol. The molecule has 0 atom stereocenters. The van der Waals surface area contributed by atoms with Gasteiger partial charge in [-0.2, -0.15) is 13.2 Å². The Labute approximate surface area is 61.3 Å². The van der Waals surface area contributed by atoms with Gasteiger partial charge in [0.05, 0.1) is 11.9 Å². The standard InChI is InChI=1S/C6H5F3NO/c1-4-5(6(7,8)9)11-3-2-10-4/h2-3H,1H3. The van der Waals surface area contributed by atoms with Gasteiger partial charge in [-0.15, -0.1) is 0 Å². The molecule has 0 aromatic rings. The van der Waals surface area contributed by atoms with Gasteiger partial charge in [0.1, 0.15) is 6.26 Å². The SMILES string of the molecule is CC1=C(C(F)(F)F)OC=C[N]1. The van der Waals surface area contributed by atoms with Crippen LogP contribution in [0.1, 0.15) is 6.92 Å². The fourth-order valence-electron chi connectivity index (χ4n) is 0.657. The number of halogens is 3. The van der Waals surface area contributed by atoms with Gasteiger partial charge in [-0.1, -0.05) is 0 Å². The number of ether oxygens (including phenoxy) is 1. The van der Waals surface area contributed by atoms with Crippen LogP contribution in [0.4, 0.5) is 13.2 Å². The molecule has 1 aliphatic rings. The minimum atomic E-state index is -4.45. The Hall–Kier alpha value is -1.13. The molecule has 0 N–H and O–H groups in total. The van der Waals surface area contributed by atoms with Crippen molar-refractivity contribution in [3.05, 3.63) is 23.9 Å². The summed E-state index contributed by atoms with van der Waals surface area (Å²) in [5, 5.41) is 3.43. The summed E-state index contributed by atoms with van der Waals surface area (Å²) < 4.78 is 40.0. The largest absolute Gasteiger partial charge is 0.456 e. The molecule has 0 amide bonds. The first-order valence-corrected chi connectivity index (χ1v) is 2.82. The molecule has 1 rings (SSSR count). The van der Waals surface area contributed by atoms with Gasteiger partial charge in [0.15, 0.2) is 0 Å². The summed E-state index contributed by atoms with van der Waals surface area (Å²) >= 11 is 0. The molecule has 0 bridgehead atoms. The molecule has 2 nitrogen and oxygen atoms in total. The van der Waals surface area contributed by atoms with Crippen molar-refractivity contribution < 1.29 is 17.9 Å². The van der Waals surface area contributed by atoms with Crippen LogP contribution in [0, 0.1) is 0 Å². The van der Waals surface area contributed by atoms with E-state index in [2.05, 4.69) is 10.1 Å². The average molecular weight is 164 g/mol. The average Bonchev–Trinajstić information content (AvgIpc) is 1.86. The van der Waals surface area contributed by atoms with E-state index in [1.54, 1.807) is 0 Å². The first-order valence-electron chi connectivity index (χ1n) is 2.82. The molecule has 11 heavy (non-hydrogen) atoms. The minimum absolute atomic E-state index is 0.153. The first-order chi connectivity index (χ1) is 5.02. The van der Waals surface area contributed by atoms with E-state index >= 15 is 0 Å². The third-order valence-electron chi connectivity index (χ3n) is 1.10. The van der Waals surface area contributed by atoms with Crippen LogP contribution >= 0.6 is 0 Å². The van der Waals surface area contributed by atoms with Crippen LogP contribution in [-0.4, -0.2) is 6.18 Å². The minimum Gasteiger partial charge on any atom is -0.456 e. The smallest absolute Gasteiger partial charge is 0.451 e. The van der Waals surface area contributed by atoms with Gasteiger partial charge in [-0.3, -0.25) is 5.32 Å². The summed E-state index contributed by atoms with van der Waals surface area (Å²) in [6, 6.07) is 0. The zero-order valence-corrected chi connectivity index (χ0v) is 5.64. The highest BCUT2D eigenvalue weighted by Crippen LogP contribution is 2.30. The van der Waals surface area contributed by atoms with Crippen molar-refractivity contribution in [1.82, 2.24) is 5.32 Å². The van der Waals surface area contributed by atoms with E-state index in [4.69, 9.17) is 0 Å². The fourth-order valence-corrected chi connectivity index (χ4v) is 0.657. The van der Waals surface area contributed by atoms with Crippen molar-refractivity contribution in [2.24, 2.45) is 0 Å². The maximum Gasteiger partial charge on any atom is 0.451 e.